The average molecular weight is 288 g/mol. The van der Waals surface area contributed by atoms with Crippen molar-refractivity contribution in [3.63, 3.8) is 0 Å². The molecule has 0 spiro atoms. The molecule has 0 aliphatic carbocycles. The van der Waals surface area contributed by atoms with Crippen LogP contribution in [0.25, 0.3) is 5.69 Å². The van der Waals surface area contributed by atoms with Crippen molar-refractivity contribution in [2.75, 3.05) is 13.7 Å². The highest BCUT2D eigenvalue weighted by Gasteiger charge is 2.16. The second kappa shape index (κ2) is 6.43. The van der Waals surface area contributed by atoms with Gasteiger partial charge >= 0.3 is 5.97 Å². The van der Waals surface area contributed by atoms with Gasteiger partial charge in [0.2, 0.25) is 5.88 Å². The third-order valence-electron chi connectivity index (χ3n) is 3.17. The van der Waals surface area contributed by atoms with Crippen molar-refractivity contribution in [1.29, 1.82) is 0 Å². The molecule has 0 aliphatic rings. The summed E-state index contributed by atoms with van der Waals surface area (Å²) >= 11 is 0. The molecule has 1 heterocycles. The zero-order valence-corrected chi connectivity index (χ0v) is 12.8. The van der Waals surface area contributed by atoms with E-state index in [0.717, 1.165) is 5.69 Å². The summed E-state index contributed by atoms with van der Waals surface area (Å²) in [7, 11) is 1.55. The molecule has 112 valence electrons. The first kappa shape index (κ1) is 15.1. The van der Waals surface area contributed by atoms with Gasteiger partial charge in [0.05, 0.1) is 19.4 Å². The van der Waals surface area contributed by atoms with E-state index in [2.05, 4.69) is 18.9 Å². The Morgan fingerprint density at radius 1 is 1.29 bits per heavy atom. The number of carbonyl (C=O) groups is 1. The van der Waals surface area contributed by atoms with Gasteiger partial charge in [0.25, 0.3) is 0 Å². The quantitative estimate of drug-likeness (QED) is 0.793. The fraction of sp³-hybridized carbons (Fsp3) is 0.375. The van der Waals surface area contributed by atoms with E-state index in [-0.39, 0.29) is 5.69 Å². The number of benzene rings is 1. The van der Waals surface area contributed by atoms with Crippen LogP contribution in [0, 0.1) is 0 Å². The van der Waals surface area contributed by atoms with Gasteiger partial charge in [-0.05, 0) is 30.5 Å². The van der Waals surface area contributed by atoms with Gasteiger partial charge in [0.15, 0.2) is 5.69 Å². The zero-order valence-electron chi connectivity index (χ0n) is 12.8. The molecule has 1 aromatic carbocycles. The van der Waals surface area contributed by atoms with Crippen LogP contribution in [0.5, 0.6) is 5.88 Å². The molecular formula is C16H20N2O3. The van der Waals surface area contributed by atoms with E-state index >= 15 is 0 Å². The lowest BCUT2D eigenvalue weighted by Crippen LogP contribution is -2.07. The third-order valence-corrected chi connectivity index (χ3v) is 3.17. The molecule has 2 aromatic rings. The molecule has 0 unspecified atom stereocenters. The van der Waals surface area contributed by atoms with Crippen LogP contribution in [0.15, 0.2) is 30.3 Å². The number of ether oxygens (including phenoxy) is 2. The number of esters is 1. The predicted molar refractivity (Wildman–Crippen MR) is 80.2 cm³/mol. The molecule has 0 saturated heterocycles. The maximum atomic E-state index is 11.7. The molecule has 2 rings (SSSR count). The number of rotatable bonds is 5. The van der Waals surface area contributed by atoms with Gasteiger partial charge in [-0.15, -0.1) is 0 Å². The molecule has 0 amide bonds. The van der Waals surface area contributed by atoms with E-state index in [1.807, 2.05) is 24.3 Å². The van der Waals surface area contributed by atoms with Crippen LogP contribution in [-0.2, 0) is 4.74 Å². The summed E-state index contributed by atoms with van der Waals surface area (Å²) < 4.78 is 11.8. The summed E-state index contributed by atoms with van der Waals surface area (Å²) in [5, 5.41) is 4.26. The predicted octanol–water partition coefficient (Wildman–Crippen LogP) is 3.18. The highest BCUT2D eigenvalue weighted by Crippen LogP contribution is 2.22. The minimum atomic E-state index is -0.451. The molecular weight excluding hydrogens is 268 g/mol. The highest BCUT2D eigenvalue weighted by atomic mass is 16.5. The van der Waals surface area contributed by atoms with Crippen molar-refractivity contribution < 1.29 is 14.3 Å². The molecule has 0 bridgehead atoms. The van der Waals surface area contributed by atoms with Crippen molar-refractivity contribution >= 4 is 5.97 Å². The normalized spacial score (nSPS) is 10.7. The molecule has 0 saturated carbocycles. The Labute approximate surface area is 124 Å². The van der Waals surface area contributed by atoms with Crippen molar-refractivity contribution in [2.24, 2.45) is 0 Å². The molecule has 0 atom stereocenters. The molecule has 1 aromatic heterocycles. The average Bonchev–Trinajstić information content (AvgIpc) is 2.92. The van der Waals surface area contributed by atoms with Crippen LogP contribution in [0.3, 0.4) is 0 Å². The summed E-state index contributed by atoms with van der Waals surface area (Å²) in [4.78, 5) is 11.7. The van der Waals surface area contributed by atoms with Gasteiger partial charge in [-0.3, -0.25) is 0 Å². The van der Waals surface area contributed by atoms with Crippen LogP contribution >= 0.6 is 0 Å². The number of aromatic nitrogens is 2. The number of nitrogens with zero attached hydrogens (tertiary/aromatic N) is 2. The smallest absolute Gasteiger partial charge is 0.358 e. The first-order valence-corrected chi connectivity index (χ1v) is 6.98. The van der Waals surface area contributed by atoms with Crippen molar-refractivity contribution in [1.82, 2.24) is 9.78 Å². The van der Waals surface area contributed by atoms with Gasteiger partial charge in [-0.1, -0.05) is 26.0 Å². The Morgan fingerprint density at radius 2 is 1.95 bits per heavy atom. The Hall–Kier alpha value is -2.30. The van der Waals surface area contributed by atoms with Gasteiger partial charge in [-0.2, -0.15) is 5.10 Å². The number of methoxy groups -OCH3 is 1. The van der Waals surface area contributed by atoms with E-state index in [9.17, 15) is 4.79 Å². The standard InChI is InChI=1S/C16H20N2O3/c1-5-21-16(19)14-10-15(20-4)18(17-14)13-8-6-12(7-9-13)11(2)3/h6-11H,5H2,1-4H3. The van der Waals surface area contributed by atoms with Gasteiger partial charge in [0.1, 0.15) is 0 Å². The lowest BCUT2D eigenvalue weighted by molar-refractivity contribution is 0.0519. The Balaban J connectivity index is 2.36. The van der Waals surface area contributed by atoms with Crippen LogP contribution in [0.4, 0.5) is 0 Å². The second-order valence-corrected chi connectivity index (χ2v) is 4.95. The first-order chi connectivity index (χ1) is 10.1. The summed E-state index contributed by atoms with van der Waals surface area (Å²) in [6.07, 6.45) is 0. The van der Waals surface area contributed by atoms with Crippen molar-refractivity contribution in [2.45, 2.75) is 26.7 Å². The van der Waals surface area contributed by atoms with E-state index < -0.39 is 5.97 Å². The Kier molecular flexibility index (Phi) is 4.62. The maximum absolute atomic E-state index is 11.7. The van der Waals surface area contributed by atoms with E-state index in [1.54, 1.807) is 24.8 Å². The molecule has 5 nitrogen and oxygen atoms in total. The SMILES string of the molecule is CCOC(=O)c1cc(OC)n(-c2ccc(C(C)C)cc2)n1. The number of hydrogen-bond donors (Lipinski definition) is 0. The monoisotopic (exact) mass is 288 g/mol. The molecule has 5 heteroatoms. The minimum Gasteiger partial charge on any atom is -0.481 e. The van der Waals surface area contributed by atoms with Gasteiger partial charge in [-0.25, -0.2) is 9.48 Å². The molecule has 0 aliphatic heterocycles. The fourth-order valence-electron chi connectivity index (χ4n) is 2.00. The number of carbonyl (C=O) groups excluding carboxylic acids is 1. The maximum Gasteiger partial charge on any atom is 0.358 e. The largest absolute Gasteiger partial charge is 0.481 e. The van der Waals surface area contributed by atoms with Gasteiger partial charge < -0.3 is 9.47 Å². The molecule has 0 fully saturated rings. The lowest BCUT2D eigenvalue weighted by atomic mass is 10.0. The number of hydrogen-bond acceptors (Lipinski definition) is 4. The van der Waals surface area contributed by atoms with Crippen LogP contribution < -0.4 is 4.74 Å². The topological polar surface area (TPSA) is 53.4 Å². The summed E-state index contributed by atoms with van der Waals surface area (Å²) in [5.74, 6) is 0.511. The third kappa shape index (κ3) is 3.24. The van der Waals surface area contributed by atoms with E-state index in [1.165, 1.54) is 5.56 Å². The van der Waals surface area contributed by atoms with E-state index in [0.29, 0.717) is 18.4 Å². The fourth-order valence-corrected chi connectivity index (χ4v) is 2.00. The second-order valence-electron chi connectivity index (χ2n) is 4.95. The molecule has 21 heavy (non-hydrogen) atoms. The zero-order chi connectivity index (χ0) is 15.4. The molecule has 0 radical (unpaired) electrons. The highest BCUT2D eigenvalue weighted by molar-refractivity contribution is 5.87. The van der Waals surface area contributed by atoms with Crippen LogP contribution in [-0.4, -0.2) is 29.5 Å². The first-order valence-electron chi connectivity index (χ1n) is 6.98. The Morgan fingerprint density at radius 3 is 2.48 bits per heavy atom. The van der Waals surface area contributed by atoms with Crippen LogP contribution in [0.1, 0.15) is 42.7 Å². The lowest BCUT2D eigenvalue weighted by Gasteiger charge is -2.08. The van der Waals surface area contributed by atoms with Gasteiger partial charge in [0, 0.05) is 6.07 Å². The summed E-state index contributed by atoms with van der Waals surface area (Å²) in [5.41, 5.74) is 2.32. The summed E-state index contributed by atoms with van der Waals surface area (Å²) in [6.45, 7) is 6.36. The summed E-state index contributed by atoms with van der Waals surface area (Å²) in [6, 6.07) is 9.59. The van der Waals surface area contributed by atoms with Crippen molar-refractivity contribution in [3.8, 4) is 11.6 Å². The molecule has 0 N–H and O–H groups in total. The van der Waals surface area contributed by atoms with Crippen molar-refractivity contribution in [3.05, 3.63) is 41.6 Å². The Bertz CT molecular complexity index is 615. The van der Waals surface area contributed by atoms with Crippen LogP contribution in [0.2, 0.25) is 0 Å². The van der Waals surface area contributed by atoms with E-state index in [4.69, 9.17) is 9.47 Å². The minimum absolute atomic E-state index is 0.238.